The van der Waals surface area contributed by atoms with Crippen molar-refractivity contribution < 1.29 is 14.3 Å². The summed E-state index contributed by atoms with van der Waals surface area (Å²) in [5, 5.41) is 3.92. The molecule has 6 nitrogen and oxygen atoms in total. The van der Waals surface area contributed by atoms with Crippen LogP contribution in [0.1, 0.15) is 33.3 Å². The van der Waals surface area contributed by atoms with Gasteiger partial charge in [-0.05, 0) is 43.1 Å². The third-order valence-electron chi connectivity index (χ3n) is 4.20. The highest BCUT2D eigenvalue weighted by Gasteiger charge is 2.31. The summed E-state index contributed by atoms with van der Waals surface area (Å²) in [6, 6.07) is 5.79. The van der Waals surface area contributed by atoms with Crippen LogP contribution in [0.2, 0.25) is 0 Å². The number of carbonyl (C=O) groups is 1. The first-order valence-corrected chi connectivity index (χ1v) is 8.21. The van der Waals surface area contributed by atoms with E-state index >= 15 is 0 Å². The number of methoxy groups -OCH3 is 2. The van der Waals surface area contributed by atoms with Gasteiger partial charge in [0, 0.05) is 24.6 Å². The Morgan fingerprint density at radius 2 is 2.17 bits per heavy atom. The van der Waals surface area contributed by atoms with E-state index < -0.39 is 0 Å². The van der Waals surface area contributed by atoms with E-state index in [9.17, 15) is 4.79 Å². The molecule has 1 aromatic carbocycles. The largest absolute Gasteiger partial charge is 0.497 e. The molecular formula is C16H19N3O3S. The number of benzene rings is 1. The molecule has 1 aliphatic rings. The maximum atomic E-state index is 12.6. The fourth-order valence-corrected chi connectivity index (χ4v) is 3.55. The highest BCUT2D eigenvalue weighted by Crippen LogP contribution is 2.36. The van der Waals surface area contributed by atoms with Crippen LogP contribution in [0.5, 0.6) is 11.5 Å². The molecule has 1 atom stereocenters. The zero-order chi connectivity index (χ0) is 16.4. The number of aryl methyl sites for hydroxylation is 1. The molecule has 0 aliphatic carbocycles. The lowest BCUT2D eigenvalue weighted by molar-refractivity contribution is 0.0794. The Bertz CT molecular complexity index is 716. The average molecular weight is 333 g/mol. The van der Waals surface area contributed by atoms with E-state index in [-0.39, 0.29) is 11.8 Å². The Morgan fingerprint density at radius 1 is 1.35 bits per heavy atom. The monoisotopic (exact) mass is 333 g/mol. The van der Waals surface area contributed by atoms with E-state index in [1.807, 2.05) is 30.0 Å². The summed E-state index contributed by atoms with van der Waals surface area (Å²) < 4.78 is 14.6. The summed E-state index contributed by atoms with van der Waals surface area (Å²) in [5.74, 6) is 1.89. The molecule has 0 radical (unpaired) electrons. The second kappa shape index (κ2) is 6.54. The molecule has 0 bridgehead atoms. The van der Waals surface area contributed by atoms with Crippen molar-refractivity contribution in [1.82, 2.24) is 14.5 Å². The molecule has 1 fully saturated rings. The minimum Gasteiger partial charge on any atom is -0.497 e. The van der Waals surface area contributed by atoms with Crippen molar-refractivity contribution in [2.45, 2.75) is 19.3 Å². The molecule has 23 heavy (non-hydrogen) atoms. The van der Waals surface area contributed by atoms with Gasteiger partial charge in [0.1, 0.15) is 16.4 Å². The molecule has 0 saturated carbocycles. The van der Waals surface area contributed by atoms with Crippen molar-refractivity contribution in [2.75, 3.05) is 27.3 Å². The highest BCUT2D eigenvalue weighted by atomic mass is 32.1. The number of rotatable bonds is 4. The molecule has 122 valence electrons. The predicted molar refractivity (Wildman–Crippen MR) is 87.5 cm³/mol. The molecule has 3 rings (SSSR count). The first-order valence-electron chi connectivity index (χ1n) is 7.44. The Kier molecular flexibility index (Phi) is 4.47. The SMILES string of the molecule is COc1ccc(OC)c([C@@H]2CCN(C(=O)c3snnc3C)C2)c1. The smallest absolute Gasteiger partial charge is 0.267 e. The summed E-state index contributed by atoms with van der Waals surface area (Å²) in [5.41, 5.74) is 1.78. The van der Waals surface area contributed by atoms with Gasteiger partial charge < -0.3 is 14.4 Å². The van der Waals surface area contributed by atoms with Crippen molar-refractivity contribution in [3.05, 3.63) is 34.3 Å². The van der Waals surface area contributed by atoms with Gasteiger partial charge in [-0.3, -0.25) is 4.79 Å². The van der Waals surface area contributed by atoms with Gasteiger partial charge in [0.2, 0.25) is 0 Å². The van der Waals surface area contributed by atoms with Crippen LogP contribution in [0.3, 0.4) is 0 Å². The Balaban J connectivity index is 1.80. The van der Waals surface area contributed by atoms with Crippen LogP contribution >= 0.6 is 11.5 Å². The van der Waals surface area contributed by atoms with Gasteiger partial charge >= 0.3 is 0 Å². The highest BCUT2D eigenvalue weighted by molar-refractivity contribution is 7.07. The van der Waals surface area contributed by atoms with Gasteiger partial charge in [-0.25, -0.2) is 0 Å². The number of likely N-dealkylation sites (tertiary alicyclic amines) is 1. The van der Waals surface area contributed by atoms with Crippen LogP contribution in [-0.4, -0.2) is 47.7 Å². The van der Waals surface area contributed by atoms with Gasteiger partial charge in [-0.2, -0.15) is 0 Å². The summed E-state index contributed by atoms with van der Waals surface area (Å²) in [7, 11) is 3.31. The molecule has 1 aliphatic heterocycles. The second-order valence-corrected chi connectivity index (χ2v) is 6.29. The Hall–Kier alpha value is -2.15. The number of ether oxygens (including phenoxy) is 2. The second-order valence-electron chi connectivity index (χ2n) is 5.53. The zero-order valence-electron chi connectivity index (χ0n) is 13.4. The van der Waals surface area contributed by atoms with Gasteiger partial charge in [-0.15, -0.1) is 5.10 Å². The van der Waals surface area contributed by atoms with Crippen molar-refractivity contribution in [3.63, 3.8) is 0 Å². The Morgan fingerprint density at radius 3 is 2.83 bits per heavy atom. The lowest BCUT2D eigenvalue weighted by atomic mass is 9.97. The minimum absolute atomic E-state index is 0.0156. The fraction of sp³-hybridized carbons (Fsp3) is 0.438. The number of hydrogen-bond donors (Lipinski definition) is 0. The summed E-state index contributed by atoms with van der Waals surface area (Å²) >= 11 is 1.16. The van der Waals surface area contributed by atoms with Crippen LogP contribution < -0.4 is 9.47 Å². The topological polar surface area (TPSA) is 64.6 Å². The van der Waals surface area contributed by atoms with Crippen LogP contribution in [0.15, 0.2) is 18.2 Å². The van der Waals surface area contributed by atoms with E-state index in [4.69, 9.17) is 9.47 Å². The first-order chi connectivity index (χ1) is 11.1. The molecule has 1 amide bonds. The first kappa shape index (κ1) is 15.7. The maximum Gasteiger partial charge on any atom is 0.267 e. The van der Waals surface area contributed by atoms with Crippen molar-refractivity contribution >= 4 is 17.4 Å². The number of aromatic nitrogens is 2. The van der Waals surface area contributed by atoms with Gasteiger partial charge in [0.25, 0.3) is 5.91 Å². The van der Waals surface area contributed by atoms with Gasteiger partial charge in [0.15, 0.2) is 0 Å². The lowest BCUT2D eigenvalue weighted by Gasteiger charge is -2.18. The summed E-state index contributed by atoms with van der Waals surface area (Å²) in [6.45, 7) is 3.20. The molecule has 0 N–H and O–H groups in total. The quantitative estimate of drug-likeness (QED) is 0.860. The third kappa shape index (κ3) is 3.01. The molecule has 2 aromatic rings. The standard InChI is InChI=1S/C16H19N3O3S/c1-10-15(23-18-17-10)16(20)19-7-6-11(9-19)13-8-12(21-2)4-5-14(13)22-3/h4-5,8,11H,6-7,9H2,1-3H3/t11-/m1/s1. The Labute approximate surface area is 139 Å². The number of hydrogen-bond acceptors (Lipinski definition) is 6. The average Bonchev–Trinajstić information content (AvgIpc) is 3.22. The molecule has 0 spiro atoms. The van der Waals surface area contributed by atoms with Crippen molar-refractivity contribution in [3.8, 4) is 11.5 Å². The predicted octanol–water partition coefficient (Wildman–Crippen LogP) is 2.49. The van der Waals surface area contributed by atoms with E-state index in [0.29, 0.717) is 17.1 Å². The van der Waals surface area contributed by atoms with E-state index in [1.54, 1.807) is 14.2 Å². The van der Waals surface area contributed by atoms with Crippen LogP contribution in [-0.2, 0) is 0 Å². The van der Waals surface area contributed by atoms with E-state index in [0.717, 1.165) is 41.6 Å². The lowest BCUT2D eigenvalue weighted by Crippen LogP contribution is -2.28. The van der Waals surface area contributed by atoms with E-state index in [1.165, 1.54) is 0 Å². The van der Waals surface area contributed by atoms with Crippen molar-refractivity contribution in [1.29, 1.82) is 0 Å². The zero-order valence-corrected chi connectivity index (χ0v) is 14.2. The third-order valence-corrected chi connectivity index (χ3v) is 5.01. The summed E-state index contributed by atoms with van der Waals surface area (Å²) in [4.78, 5) is 15.1. The number of nitrogens with zero attached hydrogens (tertiary/aromatic N) is 3. The van der Waals surface area contributed by atoms with Gasteiger partial charge in [-0.1, -0.05) is 4.49 Å². The van der Waals surface area contributed by atoms with Gasteiger partial charge in [0.05, 0.1) is 19.9 Å². The van der Waals surface area contributed by atoms with E-state index in [2.05, 4.69) is 9.59 Å². The molecule has 0 unspecified atom stereocenters. The molecule has 1 aromatic heterocycles. The molecule has 7 heteroatoms. The number of amides is 1. The summed E-state index contributed by atoms with van der Waals surface area (Å²) in [6.07, 6.45) is 0.903. The molecular weight excluding hydrogens is 314 g/mol. The van der Waals surface area contributed by atoms with Crippen LogP contribution in [0.25, 0.3) is 0 Å². The van der Waals surface area contributed by atoms with Crippen LogP contribution in [0, 0.1) is 6.92 Å². The maximum absolute atomic E-state index is 12.6. The van der Waals surface area contributed by atoms with Crippen molar-refractivity contribution in [2.24, 2.45) is 0 Å². The van der Waals surface area contributed by atoms with Crippen LogP contribution in [0.4, 0.5) is 0 Å². The molecule has 2 heterocycles. The number of carbonyl (C=O) groups excluding carboxylic acids is 1. The minimum atomic E-state index is 0.0156. The molecule has 1 saturated heterocycles. The normalized spacial score (nSPS) is 17.3. The fourth-order valence-electron chi connectivity index (χ4n) is 2.93.